The average Bonchev–Trinajstić information content (AvgIpc) is 3.27. The van der Waals surface area contributed by atoms with Gasteiger partial charge >= 0.3 is 0 Å². The summed E-state index contributed by atoms with van der Waals surface area (Å²) in [5, 5.41) is 8.54. The number of nitrogens with zero attached hydrogens (tertiary/aromatic N) is 3. The largest absolute Gasteiger partial charge is 0.496 e. The molecule has 4 aromatic rings. The number of carbonyl (C=O) groups excluding carboxylic acids is 1. The molecule has 2 aromatic carbocycles. The molecular formula is C22H19BrN4O2S. The smallest absolute Gasteiger partial charge is 0.226 e. The van der Waals surface area contributed by atoms with Crippen LogP contribution in [0.5, 0.6) is 5.75 Å². The highest BCUT2D eigenvalue weighted by Gasteiger charge is 2.33. The fourth-order valence-corrected chi connectivity index (χ4v) is 5.56. The number of aryl methyl sites for hydroxylation is 2. The van der Waals surface area contributed by atoms with E-state index in [0.717, 1.165) is 42.4 Å². The first-order chi connectivity index (χ1) is 14.4. The molecule has 0 saturated carbocycles. The van der Waals surface area contributed by atoms with Crippen molar-refractivity contribution in [2.45, 2.75) is 26.2 Å². The van der Waals surface area contributed by atoms with Crippen molar-refractivity contribution >= 4 is 49.2 Å². The maximum Gasteiger partial charge on any atom is 0.226 e. The second kappa shape index (κ2) is 7.21. The van der Waals surface area contributed by atoms with Gasteiger partial charge in [0.1, 0.15) is 11.6 Å². The van der Waals surface area contributed by atoms with Crippen LogP contribution in [0.4, 0.5) is 5.82 Å². The van der Waals surface area contributed by atoms with Gasteiger partial charge in [0.15, 0.2) is 0 Å². The standard InChI is InChI=1S/C22H19BrN4O2S/c1-11-4-6-16-18(8-11)30-22(24-16)27-21-20(12(2)26-27)14(10-19(28)25-21)13-5-7-17(29-3)15(23)9-13/h4-9,14H,10H2,1-3H3,(H,25,28)/t14-/m1/s1. The third-order valence-electron chi connectivity index (χ3n) is 5.39. The molecule has 6 nitrogen and oxygen atoms in total. The number of halogens is 1. The molecule has 0 bridgehead atoms. The van der Waals surface area contributed by atoms with Crippen molar-refractivity contribution in [3.8, 4) is 10.9 Å². The molecule has 1 aliphatic heterocycles. The molecule has 1 aliphatic rings. The van der Waals surface area contributed by atoms with Gasteiger partial charge in [-0.25, -0.2) is 4.98 Å². The van der Waals surface area contributed by atoms with E-state index in [0.29, 0.717) is 12.2 Å². The van der Waals surface area contributed by atoms with Crippen molar-refractivity contribution in [3.05, 3.63) is 63.3 Å². The van der Waals surface area contributed by atoms with Gasteiger partial charge in [0.2, 0.25) is 11.0 Å². The number of hydrogen-bond donors (Lipinski definition) is 1. The van der Waals surface area contributed by atoms with Crippen molar-refractivity contribution in [3.63, 3.8) is 0 Å². The van der Waals surface area contributed by atoms with Gasteiger partial charge in [0.05, 0.1) is 27.5 Å². The molecule has 1 atom stereocenters. The third kappa shape index (κ3) is 3.11. The van der Waals surface area contributed by atoms with Crippen molar-refractivity contribution in [1.82, 2.24) is 14.8 Å². The third-order valence-corrected chi connectivity index (χ3v) is 7.01. The molecule has 0 aliphatic carbocycles. The highest BCUT2D eigenvalue weighted by molar-refractivity contribution is 9.10. The van der Waals surface area contributed by atoms with E-state index in [4.69, 9.17) is 14.8 Å². The molecular weight excluding hydrogens is 464 g/mol. The van der Waals surface area contributed by atoms with Crippen molar-refractivity contribution in [2.75, 3.05) is 12.4 Å². The lowest BCUT2D eigenvalue weighted by molar-refractivity contribution is -0.116. The Hall–Kier alpha value is -2.71. The Morgan fingerprint density at radius 2 is 2.07 bits per heavy atom. The number of anilines is 1. The lowest BCUT2D eigenvalue weighted by Gasteiger charge is -2.24. The second-order valence-electron chi connectivity index (χ2n) is 7.43. The van der Waals surface area contributed by atoms with Crippen LogP contribution in [0.15, 0.2) is 40.9 Å². The molecule has 0 saturated heterocycles. The van der Waals surface area contributed by atoms with E-state index in [9.17, 15) is 4.79 Å². The molecule has 8 heteroatoms. The Balaban J connectivity index is 1.65. The predicted octanol–water partition coefficient (Wildman–Crippen LogP) is 5.34. The number of aromatic nitrogens is 3. The SMILES string of the molecule is COc1ccc([C@H]2CC(=O)Nc3c2c(C)nn3-c2nc3ccc(C)cc3s2)cc1Br. The number of carbonyl (C=O) groups is 1. The van der Waals surface area contributed by atoms with E-state index >= 15 is 0 Å². The Bertz CT molecular complexity index is 1310. The van der Waals surface area contributed by atoms with Crippen LogP contribution in [0.1, 0.15) is 34.7 Å². The molecule has 30 heavy (non-hydrogen) atoms. The van der Waals surface area contributed by atoms with E-state index in [1.807, 2.05) is 31.2 Å². The number of rotatable bonds is 3. The molecule has 1 amide bonds. The summed E-state index contributed by atoms with van der Waals surface area (Å²) in [6.45, 7) is 4.05. The predicted molar refractivity (Wildman–Crippen MR) is 122 cm³/mol. The van der Waals surface area contributed by atoms with E-state index in [-0.39, 0.29) is 11.8 Å². The van der Waals surface area contributed by atoms with Gasteiger partial charge in [0.25, 0.3) is 0 Å². The summed E-state index contributed by atoms with van der Waals surface area (Å²) >= 11 is 5.13. The minimum atomic E-state index is -0.0821. The number of methoxy groups -OCH3 is 1. The molecule has 0 radical (unpaired) electrons. The zero-order chi connectivity index (χ0) is 21.0. The summed E-state index contributed by atoms with van der Waals surface area (Å²) in [4.78, 5) is 17.4. The van der Waals surface area contributed by atoms with Crippen LogP contribution >= 0.6 is 27.3 Å². The molecule has 0 spiro atoms. The Morgan fingerprint density at radius 1 is 1.23 bits per heavy atom. The quantitative estimate of drug-likeness (QED) is 0.427. The maximum atomic E-state index is 12.6. The molecule has 152 valence electrons. The lowest BCUT2D eigenvalue weighted by Crippen LogP contribution is -2.25. The Kier molecular flexibility index (Phi) is 4.63. The molecule has 2 aromatic heterocycles. The fraction of sp³-hybridized carbons (Fsp3) is 0.227. The molecule has 3 heterocycles. The second-order valence-corrected chi connectivity index (χ2v) is 9.29. The van der Waals surface area contributed by atoms with Crippen LogP contribution in [-0.4, -0.2) is 27.8 Å². The molecule has 5 rings (SSSR count). The monoisotopic (exact) mass is 482 g/mol. The average molecular weight is 483 g/mol. The number of hydrogen-bond acceptors (Lipinski definition) is 5. The summed E-state index contributed by atoms with van der Waals surface area (Å²) in [5.41, 5.74) is 5.08. The fourth-order valence-electron chi connectivity index (χ4n) is 3.98. The van der Waals surface area contributed by atoms with Gasteiger partial charge in [-0.15, -0.1) is 0 Å². The van der Waals surface area contributed by atoms with Gasteiger partial charge in [-0.1, -0.05) is 23.5 Å². The van der Waals surface area contributed by atoms with E-state index in [1.54, 1.807) is 23.1 Å². The number of benzene rings is 2. The van der Waals surface area contributed by atoms with Crippen LogP contribution in [0.25, 0.3) is 15.3 Å². The van der Waals surface area contributed by atoms with Gasteiger partial charge in [-0.05, 0) is 65.2 Å². The first kappa shape index (κ1) is 19.3. The number of amides is 1. The summed E-state index contributed by atoms with van der Waals surface area (Å²) in [7, 11) is 1.64. The van der Waals surface area contributed by atoms with Gasteiger partial charge in [0, 0.05) is 17.9 Å². The normalized spacial score (nSPS) is 15.9. The zero-order valence-corrected chi connectivity index (χ0v) is 19.1. The summed E-state index contributed by atoms with van der Waals surface area (Å²) in [6.07, 6.45) is 0.372. The zero-order valence-electron chi connectivity index (χ0n) is 16.7. The number of nitrogens with one attached hydrogen (secondary N) is 1. The van der Waals surface area contributed by atoms with Crippen molar-refractivity contribution in [1.29, 1.82) is 0 Å². The Labute approximate surface area is 186 Å². The maximum absolute atomic E-state index is 12.6. The van der Waals surface area contributed by atoms with Crippen LogP contribution in [0.3, 0.4) is 0 Å². The van der Waals surface area contributed by atoms with Crippen LogP contribution < -0.4 is 10.1 Å². The minimum absolute atomic E-state index is 0.0300. The van der Waals surface area contributed by atoms with Crippen molar-refractivity contribution in [2.24, 2.45) is 0 Å². The summed E-state index contributed by atoms with van der Waals surface area (Å²) < 4.78 is 9.09. The number of thiazole rings is 1. The summed E-state index contributed by atoms with van der Waals surface area (Å²) in [5.74, 6) is 1.35. The van der Waals surface area contributed by atoms with Gasteiger partial charge in [-0.2, -0.15) is 9.78 Å². The van der Waals surface area contributed by atoms with Gasteiger partial charge < -0.3 is 10.1 Å². The van der Waals surface area contributed by atoms with Gasteiger partial charge in [-0.3, -0.25) is 4.79 Å². The lowest BCUT2D eigenvalue weighted by atomic mass is 9.86. The summed E-state index contributed by atoms with van der Waals surface area (Å²) in [6, 6.07) is 12.1. The number of ether oxygens (including phenoxy) is 1. The van der Waals surface area contributed by atoms with Crippen LogP contribution in [0.2, 0.25) is 0 Å². The van der Waals surface area contributed by atoms with Crippen LogP contribution in [0, 0.1) is 13.8 Å². The van der Waals surface area contributed by atoms with E-state index in [1.165, 1.54) is 5.56 Å². The number of fused-ring (bicyclic) bond motifs is 2. The highest BCUT2D eigenvalue weighted by atomic mass is 79.9. The first-order valence-corrected chi connectivity index (χ1v) is 11.2. The molecule has 0 fully saturated rings. The molecule has 1 N–H and O–H groups in total. The highest BCUT2D eigenvalue weighted by Crippen LogP contribution is 2.42. The molecule has 0 unspecified atom stereocenters. The van der Waals surface area contributed by atoms with Crippen LogP contribution in [-0.2, 0) is 4.79 Å². The Morgan fingerprint density at radius 3 is 2.83 bits per heavy atom. The first-order valence-electron chi connectivity index (χ1n) is 9.55. The van der Waals surface area contributed by atoms with Crippen molar-refractivity contribution < 1.29 is 9.53 Å². The van der Waals surface area contributed by atoms with E-state index in [2.05, 4.69) is 40.3 Å². The van der Waals surface area contributed by atoms with E-state index < -0.39 is 0 Å². The topological polar surface area (TPSA) is 69.0 Å². The minimum Gasteiger partial charge on any atom is -0.496 e.